The molecule has 132 valence electrons. The third-order valence-corrected chi connectivity index (χ3v) is 5.61. The van der Waals surface area contributed by atoms with E-state index in [1.54, 1.807) is 11.3 Å². The van der Waals surface area contributed by atoms with E-state index >= 15 is 0 Å². The Kier molecular flexibility index (Phi) is 4.07. The summed E-state index contributed by atoms with van der Waals surface area (Å²) >= 11 is 1.68. The number of hydrogen-bond acceptors (Lipinski definition) is 6. The fraction of sp³-hybridized carbons (Fsp3) is 0.300. The maximum absolute atomic E-state index is 5.39. The highest BCUT2D eigenvalue weighted by atomic mass is 32.1. The highest BCUT2D eigenvalue weighted by molar-refractivity contribution is 7.17. The molecule has 5 nitrogen and oxygen atoms in total. The lowest BCUT2D eigenvalue weighted by molar-refractivity contribution is 0.161. The Morgan fingerprint density at radius 1 is 1.08 bits per heavy atom. The average molecular weight is 364 g/mol. The van der Waals surface area contributed by atoms with Crippen LogP contribution in [-0.2, 0) is 4.74 Å². The van der Waals surface area contributed by atoms with E-state index < -0.39 is 0 Å². The number of thiophene rings is 1. The molecule has 1 aliphatic heterocycles. The molecule has 1 saturated carbocycles. The highest BCUT2D eigenvalue weighted by Gasteiger charge is 2.23. The molecule has 2 N–H and O–H groups in total. The first-order valence-corrected chi connectivity index (χ1v) is 9.89. The smallest absolute Gasteiger partial charge is 0.229 e. The van der Waals surface area contributed by atoms with E-state index in [1.807, 2.05) is 6.07 Å². The summed E-state index contributed by atoms with van der Waals surface area (Å²) in [6.45, 7) is 1.51. The zero-order valence-corrected chi connectivity index (χ0v) is 15.2. The lowest BCUT2D eigenvalue weighted by Gasteiger charge is -2.14. The van der Waals surface area contributed by atoms with E-state index in [9.17, 15) is 0 Å². The van der Waals surface area contributed by atoms with Gasteiger partial charge in [-0.2, -0.15) is 4.98 Å². The fourth-order valence-corrected chi connectivity index (χ4v) is 3.91. The molecular weight excluding hydrogens is 344 g/mol. The molecule has 0 spiro atoms. The normalized spacial score (nSPS) is 17.2. The number of anilines is 3. The monoisotopic (exact) mass is 364 g/mol. The fourth-order valence-electron chi connectivity index (χ4n) is 3.12. The number of aromatic nitrogens is 2. The van der Waals surface area contributed by atoms with Crippen LogP contribution in [0.2, 0.25) is 0 Å². The minimum Gasteiger partial charge on any atom is -0.377 e. The van der Waals surface area contributed by atoms with Gasteiger partial charge in [0.15, 0.2) is 0 Å². The first kappa shape index (κ1) is 15.8. The minimum absolute atomic E-state index is 0.565. The number of ether oxygens (including phenoxy) is 1. The Morgan fingerprint density at radius 3 is 2.73 bits per heavy atom. The second kappa shape index (κ2) is 6.70. The summed E-state index contributed by atoms with van der Waals surface area (Å²) in [6, 6.07) is 11.1. The van der Waals surface area contributed by atoms with E-state index in [0.717, 1.165) is 34.7 Å². The highest BCUT2D eigenvalue weighted by Crippen LogP contribution is 2.32. The van der Waals surface area contributed by atoms with Crippen LogP contribution in [-0.4, -0.2) is 29.2 Å². The molecular formula is C20H20N4OS. The summed E-state index contributed by atoms with van der Waals surface area (Å²) in [7, 11) is 0. The summed E-state index contributed by atoms with van der Waals surface area (Å²) in [5.41, 5.74) is 4.59. The lowest BCUT2D eigenvalue weighted by atomic mass is 10.0. The molecule has 2 aromatic heterocycles. The van der Waals surface area contributed by atoms with Gasteiger partial charge in [-0.1, -0.05) is 18.2 Å². The van der Waals surface area contributed by atoms with Crippen molar-refractivity contribution in [2.75, 3.05) is 23.8 Å². The maximum Gasteiger partial charge on any atom is 0.229 e. The van der Waals surface area contributed by atoms with Gasteiger partial charge >= 0.3 is 0 Å². The SMILES string of the molecule is C1=C(c2ccc(Nc3nc(NC4CC4)c4sccc4n3)cc2)CCOC1. The number of rotatable bonds is 5. The molecule has 1 fully saturated rings. The van der Waals surface area contributed by atoms with E-state index in [1.165, 1.54) is 24.0 Å². The third kappa shape index (κ3) is 3.30. The van der Waals surface area contributed by atoms with Gasteiger partial charge in [0.05, 0.1) is 23.4 Å². The van der Waals surface area contributed by atoms with Gasteiger partial charge in [0, 0.05) is 11.7 Å². The van der Waals surface area contributed by atoms with Gasteiger partial charge in [-0.3, -0.25) is 0 Å². The molecule has 0 amide bonds. The summed E-state index contributed by atoms with van der Waals surface area (Å²) in [5.74, 6) is 1.58. The summed E-state index contributed by atoms with van der Waals surface area (Å²) < 4.78 is 6.51. The van der Waals surface area contributed by atoms with Crippen molar-refractivity contribution in [1.29, 1.82) is 0 Å². The molecule has 0 saturated heterocycles. The second-order valence-corrected chi connectivity index (χ2v) is 7.62. The molecule has 0 radical (unpaired) electrons. The predicted octanol–water partition coefficient (Wildman–Crippen LogP) is 4.81. The average Bonchev–Trinajstić information content (AvgIpc) is 3.37. The van der Waals surface area contributed by atoms with E-state index in [-0.39, 0.29) is 0 Å². The molecule has 3 aromatic rings. The summed E-state index contributed by atoms with van der Waals surface area (Å²) in [5, 5.41) is 8.94. The van der Waals surface area contributed by atoms with Gasteiger partial charge in [-0.25, -0.2) is 4.98 Å². The summed E-state index contributed by atoms with van der Waals surface area (Å²) in [4.78, 5) is 9.36. The van der Waals surface area contributed by atoms with Crippen molar-refractivity contribution >= 4 is 44.6 Å². The number of fused-ring (bicyclic) bond motifs is 1. The van der Waals surface area contributed by atoms with Crippen LogP contribution in [0.4, 0.5) is 17.5 Å². The van der Waals surface area contributed by atoms with Gasteiger partial charge in [0.1, 0.15) is 5.82 Å². The third-order valence-electron chi connectivity index (χ3n) is 4.70. The first-order chi connectivity index (χ1) is 12.8. The van der Waals surface area contributed by atoms with Crippen molar-refractivity contribution in [2.24, 2.45) is 0 Å². The van der Waals surface area contributed by atoms with Crippen molar-refractivity contribution in [2.45, 2.75) is 25.3 Å². The van der Waals surface area contributed by atoms with Gasteiger partial charge in [0.25, 0.3) is 0 Å². The molecule has 6 heteroatoms. The van der Waals surface area contributed by atoms with E-state index in [2.05, 4.69) is 51.3 Å². The van der Waals surface area contributed by atoms with Gasteiger partial charge in [-0.15, -0.1) is 11.3 Å². The topological polar surface area (TPSA) is 59.1 Å². The van der Waals surface area contributed by atoms with Crippen LogP contribution in [0.3, 0.4) is 0 Å². The molecule has 3 heterocycles. The molecule has 0 unspecified atom stereocenters. The summed E-state index contributed by atoms with van der Waals surface area (Å²) in [6.07, 6.45) is 5.58. The van der Waals surface area contributed by atoms with Crippen LogP contribution in [0.15, 0.2) is 41.8 Å². The van der Waals surface area contributed by atoms with Crippen molar-refractivity contribution in [3.8, 4) is 0 Å². The van der Waals surface area contributed by atoms with Crippen LogP contribution in [0.1, 0.15) is 24.8 Å². The van der Waals surface area contributed by atoms with Crippen molar-refractivity contribution in [3.05, 3.63) is 47.4 Å². The van der Waals surface area contributed by atoms with Crippen LogP contribution >= 0.6 is 11.3 Å². The Balaban J connectivity index is 1.39. The largest absolute Gasteiger partial charge is 0.377 e. The molecule has 1 aromatic carbocycles. The van der Waals surface area contributed by atoms with Crippen LogP contribution in [0.5, 0.6) is 0 Å². The van der Waals surface area contributed by atoms with Crippen LogP contribution < -0.4 is 10.6 Å². The lowest BCUT2D eigenvalue weighted by Crippen LogP contribution is -2.06. The zero-order valence-electron chi connectivity index (χ0n) is 14.4. The molecule has 26 heavy (non-hydrogen) atoms. The number of benzene rings is 1. The number of hydrogen-bond donors (Lipinski definition) is 2. The molecule has 0 bridgehead atoms. The zero-order chi connectivity index (χ0) is 17.3. The Labute approximate surface area is 156 Å². The quantitative estimate of drug-likeness (QED) is 0.680. The number of nitrogens with zero attached hydrogens (tertiary/aromatic N) is 2. The standard InChI is InChI=1S/C20H20N4OS/c1-3-16(4-2-13(1)14-7-10-25-11-8-14)22-20-23-17-9-12-26-18(17)19(24-20)21-15-5-6-15/h1-4,7,9,12,15H,5-6,8,10-11H2,(H2,21,22,23,24). The van der Waals surface area contributed by atoms with Gasteiger partial charge < -0.3 is 15.4 Å². The van der Waals surface area contributed by atoms with Gasteiger partial charge in [0.2, 0.25) is 5.95 Å². The van der Waals surface area contributed by atoms with Crippen molar-refractivity contribution in [3.63, 3.8) is 0 Å². The van der Waals surface area contributed by atoms with E-state index in [4.69, 9.17) is 9.72 Å². The molecule has 0 atom stereocenters. The first-order valence-electron chi connectivity index (χ1n) is 9.01. The van der Waals surface area contributed by atoms with Gasteiger partial charge in [-0.05, 0) is 54.0 Å². The molecule has 5 rings (SSSR count). The second-order valence-electron chi connectivity index (χ2n) is 6.71. The number of nitrogens with one attached hydrogen (secondary N) is 2. The van der Waals surface area contributed by atoms with Crippen molar-refractivity contribution < 1.29 is 4.74 Å². The van der Waals surface area contributed by atoms with Crippen LogP contribution in [0, 0.1) is 0 Å². The maximum atomic E-state index is 5.39. The molecule has 2 aliphatic rings. The molecule has 1 aliphatic carbocycles. The van der Waals surface area contributed by atoms with Crippen LogP contribution in [0.25, 0.3) is 15.8 Å². The Hall–Kier alpha value is -2.44. The Morgan fingerprint density at radius 2 is 1.96 bits per heavy atom. The minimum atomic E-state index is 0.565. The van der Waals surface area contributed by atoms with E-state index in [0.29, 0.717) is 18.6 Å². The predicted molar refractivity (Wildman–Crippen MR) is 107 cm³/mol. The van der Waals surface area contributed by atoms with Crippen molar-refractivity contribution in [1.82, 2.24) is 9.97 Å². The Bertz CT molecular complexity index is 960.